The number of aliphatic hydroxyl groups is 2. The number of nitrogens with zero attached hydrogens (tertiary/aromatic N) is 5. The van der Waals surface area contributed by atoms with Gasteiger partial charge in [-0.3, -0.25) is 14.5 Å². The zero-order valence-electron chi connectivity index (χ0n) is 10.5. The number of hydrogen-bond donors (Lipinski definition) is 3. The molecule has 0 aromatic carbocycles. The van der Waals surface area contributed by atoms with E-state index in [2.05, 4.69) is 10.0 Å². The van der Waals surface area contributed by atoms with Gasteiger partial charge in [0.1, 0.15) is 18.3 Å². The molecule has 10 nitrogen and oxygen atoms in total. The maximum Gasteiger partial charge on any atom is 0.331 e. The van der Waals surface area contributed by atoms with E-state index in [-0.39, 0.29) is 25.2 Å². The number of ether oxygens (including phenoxy) is 1. The van der Waals surface area contributed by atoms with Gasteiger partial charge >= 0.3 is 5.69 Å². The Bertz CT molecular complexity index is 646. The molecule has 0 amide bonds. The van der Waals surface area contributed by atoms with Crippen LogP contribution in [-0.2, 0) is 11.4 Å². The Morgan fingerprint density at radius 2 is 2.40 bits per heavy atom. The van der Waals surface area contributed by atoms with Gasteiger partial charge in [-0.25, -0.2) is 4.79 Å². The largest absolute Gasteiger partial charge is 0.394 e. The number of azide groups is 1. The first-order valence-corrected chi connectivity index (χ1v) is 5.90. The highest BCUT2D eigenvalue weighted by atomic mass is 16.5. The molecular formula is C10H14N6O4. The number of hydrogen-bond acceptors (Lipinski definition) is 6. The van der Waals surface area contributed by atoms with Crippen LogP contribution in [0.15, 0.2) is 22.2 Å². The van der Waals surface area contributed by atoms with Crippen LogP contribution in [0.1, 0.15) is 12.6 Å². The van der Waals surface area contributed by atoms with Crippen molar-refractivity contribution in [3.63, 3.8) is 0 Å². The molecule has 0 radical (unpaired) electrons. The molecule has 0 unspecified atom stereocenters. The summed E-state index contributed by atoms with van der Waals surface area (Å²) < 4.78 is 7.44. The molecule has 2 heterocycles. The van der Waals surface area contributed by atoms with Crippen molar-refractivity contribution in [1.82, 2.24) is 9.13 Å². The molecule has 1 aliphatic rings. The molecule has 3 N–H and O–H groups in total. The molecule has 1 fully saturated rings. The van der Waals surface area contributed by atoms with Crippen LogP contribution in [0.25, 0.3) is 10.4 Å². The van der Waals surface area contributed by atoms with E-state index in [1.165, 1.54) is 12.3 Å². The van der Waals surface area contributed by atoms with E-state index in [1.54, 1.807) is 0 Å². The fraction of sp³-hybridized carbons (Fsp3) is 0.600. The highest BCUT2D eigenvalue weighted by Crippen LogP contribution is 2.27. The second kappa shape index (κ2) is 5.88. The fourth-order valence-corrected chi connectivity index (χ4v) is 2.07. The van der Waals surface area contributed by atoms with Crippen LogP contribution in [0.2, 0.25) is 0 Å². The van der Waals surface area contributed by atoms with Gasteiger partial charge in [-0.1, -0.05) is 5.11 Å². The van der Waals surface area contributed by atoms with Gasteiger partial charge in [0, 0.05) is 17.5 Å². The van der Waals surface area contributed by atoms with Gasteiger partial charge in [0.15, 0.2) is 6.23 Å². The first-order chi connectivity index (χ1) is 9.58. The van der Waals surface area contributed by atoms with E-state index in [0.717, 1.165) is 9.13 Å². The van der Waals surface area contributed by atoms with Gasteiger partial charge in [0.2, 0.25) is 0 Å². The van der Waals surface area contributed by atoms with Crippen LogP contribution >= 0.6 is 0 Å². The number of rotatable bonds is 4. The summed E-state index contributed by atoms with van der Waals surface area (Å²) in [6.07, 6.45) is -0.868. The van der Waals surface area contributed by atoms with E-state index < -0.39 is 24.1 Å². The molecule has 3 atom stereocenters. The summed E-state index contributed by atoms with van der Waals surface area (Å²) in [5, 5.41) is 29.7. The van der Waals surface area contributed by atoms with Crippen molar-refractivity contribution in [2.75, 3.05) is 6.61 Å². The van der Waals surface area contributed by atoms with Crippen LogP contribution in [0.3, 0.4) is 0 Å². The maximum absolute atomic E-state index is 12.2. The summed E-state index contributed by atoms with van der Waals surface area (Å²) in [5.41, 5.74) is 7.53. The van der Waals surface area contributed by atoms with Crippen LogP contribution in [-0.4, -0.2) is 38.2 Å². The molecule has 0 bridgehead atoms. The zero-order valence-corrected chi connectivity index (χ0v) is 10.5. The lowest BCUT2D eigenvalue weighted by Crippen LogP contribution is -2.42. The molecule has 20 heavy (non-hydrogen) atoms. The van der Waals surface area contributed by atoms with Crippen molar-refractivity contribution in [2.45, 2.75) is 31.5 Å². The Labute approximate surface area is 112 Å². The standard InChI is InChI=1S/C10H14N6O4/c11-8-1-2-15(10(19)16(8)5-13-14-12)9-7(18)3-6(4-17)20-9/h1-2,6-7,9,11,17-18H,3-5H2/t6-,7+,9+/m0/s1. The van der Waals surface area contributed by atoms with Crippen molar-refractivity contribution >= 4 is 0 Å². The molecule has 0 saturated carbocycles. The average molecular weight is 282 g/mol. The van der Waals surface area contributed by atoms with Gasteiger partial charge in [0.05, 0.1) is 12.7 Å². The second-order valence-electron chi connectivity index (χ2n) is 4.33. The SMILES string of the molecule is [N-]=[N+]=NCn1c(=N)ccn([C@@H]2O[C@H](CO)C[C@H]2O)c1=O. The van der Waals surface area contributed by atoms with E-state index in [0.29, 0.717) is 0 Å². The van der Waals surface area contributed by atoms with Crippen LogP contribution in [0, 0.1) is 5.41 Å². The van der Waals surface area contributed by atoms with E-state index in [9.17, 15) is 9.90 Å². The van der Waals surface area contributed by atoms with Crippen molar-refractivity contribution in [3.05, 3.63) is 38.7 Å². The lowest BCUT2D eigenvalue weighted by atomic mass is 10.2. The average Bonchev–Trinajstić information content (AvgIpc) is 2.80. The third kappa shape index (κ3) is 2.58. The Morgan fingerprint density at radius 3 is 3.00 bits per heavy atom. The maximum atomic E-state index is 12.2. The second-order valence-corrected chi connectivity index (χ2v) is 4.33. The first kappa shape index (κ1) is 14.3. The van der Waals surface area contributed by atoms with Gasteiger partial charge in [-0.2, -0.15) is 0 Å². The summed E-state index contributed by atoms with van der Waals surface area (Å²) in [7, 11) is 0. The Kier molecular flexibility index (Phi) is 4.20. The summed E-state index contributed by atoms with van der Waals surface area (Å²) in [4.78, 5) is 14.7. The van der Waals surface area contributed by atoms with Crippen LogP contribution in [0.4, 0.5) is 0 Å². The molecule has 0 aliphatic carbocycles. The lowest BCUT2D eigenvalue weighted by Gasteiger charge is -2.18. The molecule has 1 saturated heterocycles. The van der Waals surface area contributed by atoms with Gasteiger partial charge < -0.3 is 14.9 Å². The van der Waals surface area contributed by atoms with Crippen LogP contribution in [0.5, 0.6) is 0 Å². The van der Waals surface area contributed by atoms with Crippen molar-refractivity contribution in [1.29, 1.82) is 5.41 Å². The summed E-state index contributed by atoms with van der Waals surface area (Å²) in [5.74, 6) is 0. The predicted molar refractivity (Wildman–Crippen MR) is 65.3 cm³/mol. The fourth-order valence-electron chi connectivity index (χ4n) is 2.07. The highest BCUT2D eigenvalue weighted by molar-refractivity contribution is 4.89. The Hall–Kier alpha value is -2.13. The van der Waals surface area contributed by atoms with Gasteiger partial charge in [-0.15, -0.1) is 0 Å². The topological polar surface area (TPSA) is 149 Å². The van der Waals surface area contributed by atoms with E-state index >= 15 is 0 Å². The third-order valence-corrected chi connectivity index (χ3v) is 3.05. The highest BCUT2D eigenvalue weighted by Gasteiger charge is 2.35. The molecule has 10 heteroatoms. The molecule has 1 aromatic rings. The Balaban J connectivity index is 2.41. The lowest BCUT2D eigenvalue weighted by molar-refractivity contribution is -0.0537. The van der Waals surface area contributed by atoms with Crippen molar-refractivity contribution in [2.24, 2.45) is 5.11 Å². The smallest absolute Gasteiger partial charge is 0.331 e. The van der Waals surface area contributed by atoms with Crippen molar-refractivity contribution < 1.29 is 14.9 Å². The minimum absolute atomic E-state index is 0.121. The van der Waals surface area contributed by atoms with Crippen molar-refractivity contribution in [3.8, 4) is 0 Å². The summed E-state index contributed by atoms with van der Waals surface area (Å²) in [6.45, 7) is -0.571. The van der Waals surface area contributed by atoms with E-state index in [1.807, 2.05) is 0 Å². The molecule has 0 spiro atoms. The normalized spacial score (nSPS) is 25.4. The molecular weight excluding hydrogens is 268 g/mol. The number of aliphatic hydroxyl groups excluding tert-OH is 2. The summed E-state index contributed by atoms with van der Waals surface area (Å²) >= 11 is 0. The number of aromatic nitrogens is 2. The quantitative estimate of drug-likeness (QED) is 0.370. The van der Waals surface area contributed by atoms with E-state index in [4.69, 9.17) is 20.8 Å². The molecule has 1 aromatic heterocycles. The zero-order chi connectivity index (χ0) is 14.7. The van der Waals surface area contributed by atoms with Crippen LogP contribution < -0.4 is 11.2 Å². The van der Waals surface area contributed by atoms with Gasteiger partial charge in [0.25, 0.3) is 0 Å². The molecule has 2 rings (SSSR count). The molecule has 1 aliphatic heterocycles. The summed E-state index contributed by atoms with van der Waals surface area (Å²) in [6, 6.07) is 1.33. The van der Waals surface area contributed by atoms with Gasteiger partial charge in [-0.05, 0) is 11.6 Å². The first-order valence-electron chi connectivity index (χ1n) is 5.90. The molecule has 108 valence electrons. The predicted octanol–water partition coefficient (Wildman–Crippen LogP) is -0.962. The third-order valence-electron chi connectivity index (χ3n) is 3.05. The minimum Gasteiger partial charge on any atom is -0.394 e. The Morgan fingerprint density at radius 1 is 1.65 bits per heavy atom. The monoisotopic (exact) mass is 282 g/mol. The minimum atomic E-state index is -0.936. The number of nitrogens with one attached hydrogen (secondary N) is 1.